The van der Waals surface area contributed by atoms with Crippen molar-refractivity contribution < 1.29 is 0 Å². The van der Waals surface area contributed by atoms with Gasteiger partial charge in [-0.25, -0.2) is 9.97 Å². The molecule has 28 heavy (non-hydrogen) atoms. The van der Waals surface area contributed by atoms with E-state index in [9.17, 15) is 0 Å². The third kappa shape index (κ3) is 4.23. The van der Waals surface area contributed by atoms with Crippen LogP contribution in [0.1, 0.15) is 11.1 Å². The van der Waals surface area contributed by atoms with Gasteiger partial charge in [0.15, 0.2) is 0 Å². The van der Waals surface area contributed by atoms with Crippen LogP contribution in [0, 0.1) is 0 Å². The molecule has 2 aromatic heterocycles. The van der Waals surface area contributed by atoms with E-state index in [1.165, 1.54) is 11.1 Å². The monoisotopic (exact) mass is 492 g/mol. The minimum Gasteiger partial charge on any atom is -0.246 e. The largest absolute Gasteiger partial charge is 0.246 e. The van der Waals surface area contributed by atoms with Gasteiger partial charge in [-0.15, -0.1) is 0 Å². The summed E-state index contributed by atoms with van der Waals surface area (Å²) in [5.74, 6) is 0. The predicted octanol–water partition coefficient (Wildman–Crippen LogP) is 7.27. The molecule has 2 aromatic carbocycles. The molecule has 4 aromatic rings. The summed E-state index contributed by atoms with van der Waals surface area (Å²) in [6.07, 6.45) is 0. The van der Waals surface area contributed by atoms with Crippen LogP contribution in [0.5, 0.6) is 0 Å². The lowest BCUT2D eigenvalue weighted by Gasteiger charge is -2.08. The Kier molecular flexibility index (Phi) is 5.98. The lowest BCUT2D eigenvalue weighted by atomic mass is 10.1. The molecule has 0 spiro atoms. The van der Waals surface area contributed by atoms with Crippen LogP contribution in [0.2, 0.25) is 0 Å². The van der Waals surface area contributed by atoms with Crippen molar-refractivity contribution in [1.82, 2.24) is 9.97 Å². The van der Waals surface area contributed by atoms with Crippen molar-refractivity contribution >= 4 is 31.9 Å². The fraction of sp³-hybridized carbons (Fsp3) is 0.0833. The van der Waals surface area contributed by atoms with Gasteiger partial charge in [-0.1, -0.05) is 80.4 Å². The van der Waals surface area contributed by atoms with Crippen LogP contribution in [0.25, 0.3) is 33.9 Å². The molecule has 0 aliphatic carbocycles. The van der Waals surface area contributed by atoms with Crippen molar-refractivity contribution in [1.29, 1.82) is 0 Å². The fourth-order valence-electron chi connectivity index (χ4n) is 3.10. The van der Waals surface area contributed by atoms with Gasteiger partial charge in [-0.3, -0.25) is 0 Å². The van der Waals surface area contributed by atoms with E-state index in [0.717, 1.165) is 44.6 Å². The first-order valence-electron chi connectivity index (χ1n) is 9.02. The quantitative estimate of drug-likeness (QED) is 0.273. The highest BCUT2D eigenvalue weighted by molar-refractivity contribution is 9.08. The molecule has 0 saturated heterocycles. The average Bonchev–Trinajstić information content (AvgIpc) is 2.79. The molecule has 0 aliphatic rings. The second-order valence-electron chi connectivity index (χ2n) is 6.48. The first-order chi connectivity index (χ1) is 13.8. The molecule has 0 atom stereocenters. The van der Waals surface area contributed by atoms with E-state index < -0.39 is 0 Å². The molecular formula is C24H18Br2N2. The number of pyridine rings is 2. The van der Waals surface area contributed by atoms with E-state index in [4.69, 9.17) is 9.97 Å². The number of hydrogen-bond acceptors (Lipinski definition) is 2. The van der Waals surface area contributed by atoms with Crippen molar-refractivity contribution in [2.75, 3.05) is 0 Å². The van der Waals surface area contributed by atoms with Crippen molar-refractivity contribution in [3.63, 3.8) is 0 Å². The van der Waals surface area contributed by atoms with E-state index in [1.807, 2.05) is 36.4 Å². The third-order valence-electron chi connectivity index (χ3n) is 4.51. The third-order valence-corrected chi connectivity index (χ3v) is 5.81. The SMILES string of the molecule is BrCc1cccc(-c2cccc(-c3cccc(-c4cccc(CBr)c4)n3)n2)c1. The Morgan fingerprint density at radius 2 is 0.893 bits per heavy atom. The molecule has 0 radical (unpaired) electrons. The Labute approximate surface area is 182 Å². The Morgan fingerprint density at radius 1 is 0.500 bits per heavy atom. The number of alkyl halides is 2. The van der Waals surface area contributed by atoms with Gasteiger partial charge in [0, 0.05) is 21.8 Å². The van der Waals surface area contributed by atoms with E-state index in [-0.39, 0.29) is 0 Å². The van der Waals surface area contributed by atoms with E-state index >= 15 is 0 Å². The summed E-state index contributed by atoms with van der Waals surface area (Å²) in [6.45, 7) is 0. The summed E-state index contributed by atoms with van der Waals surface area (Å²) in [5, 5.41) is 1.66. The second kappa shape index (κ2) is 8.80. The molecule has 0 amide bonds. The zero-order valence-corrected chi connectivity index (χ0v) is 18.3. The van der Waals surface area contributed by atoms with Crippen LogP contribution in [0.3, 0.4) is 0 Å². The molecule has 4 heteroatoms. The lowest BCUT2D eigenvalue weighted by Crippen LogP contribution is -1.93. The normalized spacial score (nSPS) is 10.8. The van der Waals surface area contributed by atoms with Gasteiger partial charge in [-0.05, 0) is 47.5 Å². The Bertz CT molecular complexity index is 1020. The summed E-state index contributed by atoms with van der Waals surface area (Å²) in [6, 6.07) is 29.0. The van der Waals surface area contributed by atoms with Crippen LogP contribution in [-0.2, 0) is 10.7 Å². The second-order valence-corrected chi connectivity index (χ2v) is 7.61. The number of rotatable bonds is 5. The van der Waals surface area contributed by atoms with E-state index in [2.05, 4.69) is 80.4 Å². The number of benzene rings is 2. The maximum atomic E-state index is 4.87. The Hall–Kier alpha value is -2.30. The average molecular weight is 494 g/mol. The summed E-state index contributed by atoms with van der Waals surface area (Å²) < 4.78 is 0. The molecular weight excluding hydrogens is 476 g/mol. The first-order valence-corrected chi connectivity index (χ1v) is 11.3. The number of halogens is 2. The molecule has 0 fully saturated rings. The first kappa shape index (κ1) is 19.0. The summed E-state index contributed by atoms with van der Waals surface area (Å²) in [4.78, 5) is 9.74. The highest BCUT2D eigenvalue weighted by Crippen LogP contribution is 2.26. The highest BCUT2D eigenvalue weighted by atomic mass is 79.9. The Balaban J connectivity index is 1.72. The molecule has 4 rings (SSSR count). The zero-order chi connectivity index (χ0) is 19.3. The Morgan fingerprint density at radius 3 is 1.32 bits per heavy atom. The maximum absolute atomic E-state index is 4.87. The standard InChI is InChI=1S/C24H18Br2N2/c25-15-17-5-1-7-19(13-17)21-9-3-11-23(27-21)24-12-4-10-22(28-24)20-8-2-6-18(14-20)16-26/h1-14H,15-16H2. The lowest BCUT2D eigenvalue weighted by molar-refractivity contribution is 1.24. The van der Waals surface area contributed by atoms with Crippen molar-refractivity contribution in [3.05, 3.63) is 96.1 Å². The van der Waals surface area contributed by atoms with E-state index in [1.54, 1.807) is 0 Å². The summed E-state index contributed by atoms with van der Waals surface area (Å²) >= 11 is 7.04. The topological polar surface area (TPSA) is 25.8 Å². The highest BCUT2D eigenvalue weighted by Gasteiger charge is 2.07. The van der Waals surface area contributed by atoms with Crippen LogP contribution in [0.4, 0.5) is 0 Å². The molecule has 0 bridgehead atoms. The van der Waals surface area contributed by atoms with Crippen LogP contribution in [-0.4, -0.2) is 9.97 Å². The number of aromatic nitrogens is 2. The zero-order valence-electron chi connectivity index (χ0n) is 15.1. The summed E-state index contributed by atoms with van der Waals surface area (Å²) in [5.41, 5.74) is 8.34. The smallest absolute Gasteiger partial charge is 0.0893 e. The van der Waals surface area contributed by atoms with Gasteiger partial charge in [0.25, 0.3) is 0 Å². The predicted molar refractivity (Wildman–Crippen MR) is 124 cm³/mol. The molecule has 2 heterocycles. The molecule has 138 valence electrons. The van der Waals surface area contributed by atoms with Gasteiger partial charge in [-0.2, -0.15) is 0 Å². The minimum absolute atomic E-state index is 0.831. The van der Waals surface area contributed by atoms with Crippen LogP contribution in [0.15, 0.2) is 84.9 Å². The minimum atomic E-state index is 0.831. The van der Waals surface area contributed by atoms with Gasteiger partial charge < -0.3 is 0 Å². The molecule has 0 aliphatic heterocycles. The molecule has 2 nitrogen and oxygen atoms in total. The maximum Gasteiger partial charge on any atom is 0.0893 e. The van der Waals surface area contributed by atoms with Crippen LogP contribution >= 0.6 is 31.9 Å². The fourth-order valence-corrected chi connectivity index (χ4v) is 3.80. The summed E-state index contributed by atoms with van der Waals surface area (Å²) in [7, 11) is 0. The van der Waals surface area contributed by atoms with Gasteiger partial charge in [0.05, 0.1) is 22.8 Å². The number of nitrogens with zero attached hydrogens (tertiary/aromatic N) is 2. The van der Waals surface area contributed by atoms with Gasteiger partial charge >= 0.3 is 0 Å². The number of hydrogen-bond donors (Lipinski definition) is 0. The van der Waals surface area contributed by atoms with Gasteiger partial charge in [0.2, 0.25) is 0 Å². The van der Waals surface area contributed by atoms with Crippen molar-refractivity contribution in [2.24, 2.45) is 0 Å². The van der Waals surface area contributed by atoms with Gasteiger partial charge in [0.1, 0.15) is 0 Å². The molecule has 0 saturated carbocycles. The van der Waals surface area contributed by atoms with Crippen molar-refractivity contribution in [3.8, 4) is 33.9 Å². The molecule has 0 unspecified atom stereocenters. The molecule has 0 N–H and O–H groups in total. The van der Waals surface area contributed by atoms with Crippen molar-refractivity contribution in [2.45, 2.75) is 10.7 Å². The van der Waals surface area contributed by atoms with Crippen LogP contribution < -0.4 is 0 Å². The van der Waals surface area contributed by atoms with E-state index in [0.29, 0.717) is 0 Å².